The van der Waals surface area contributed by atoms with Crippen molar-refractivity contribution in [1.82, 2.24) is 19.5 Å². The van der Waals surface area contributed by atoms with Crippen molar-refractivity contribution in [3.8, 4) is 0 Å². The Balaban J connectivity index is 1.43. The molecule has 34 heavy (non-hydrogen) atoms. The molecular formula is C27H34N6O. The zero-order valence-electron chi connectivity index (χ0n) is 20.0. The summed E-state index contributed by atoms with van der Waals surface area (Å²) in [5, 5.41) is 0. The van der Waals surface area contributed by atoms with E-state index in [9.17, 15) is 4.79 Å². The summed E-state index contributed by atoms with van der Waals surface area (Å²) in [6, 6.07) is 11.7. The van der Waals surface area contributed by atoms with E-state index in [1.165, 1.54) is 5.56 Å². The van der Waals surface area contributed by atoms with E-state index >= 15 is 0 Å². The highest BCUT2D eigenvalue weighted by atomic mass is 16.1. The number of nitrogens with zero attached hydrogens (tertiary/aromatic N) is 4. The summed E-state index contributed by atoms with van der Waals surface area (Å²) in [5.41, 5.74) is 17.2. The fraction of sp³-hybridized carbons (Fsp3) is 0.407. The molecule has 4 aromatic rings. The van der Waals surface area contributed by atoms with Gasteiger partial charge in [-0.3, -0.25) is 9.78 Å². The van der Waals surface area contributed by atoms with Crippen LogP contribution in [0, 0.1) is 0 Å². The third-order valence-corrected chi connectivity index (χ3v) is 6.29. The number of aryl methyl sites for hydroxylation is 2. The summed E-state index contributed by atoms with van der Waals surface area (Å²) < 4.78 is 2.27. The number of hydrogen-bond donors (Lipinski definition) is 2. The summed E-state index contributed by atoms with van der Waals surface area (Å²) >= 11 is 0. The summed E-state index contributed by atoms with van der Waals surface area (Å²) in [6.07, 6.45) is 9.05. The molecule has 178 valence electrons. The topological polar surface area (TPSA) is 113 Å². The molecule has 3 heterocycles. The van der Waals surface area contributed by atoms with Crippen LogP contribution in [0.3, 0.4) is 0 Å². The Morgan fingerprint density at radius 2 is 1.79 bits per heavy atom. The minimum Gasteiger partial charge on any atom is -0.382 e. The Kier molecular flexibility index (Phi) is 7.85. The van der Waals surface area contributed by atoms with E-state index in [2.05, 4.69) is 21.5 Å². The number of benzene rings is 1. The molecule has 0 bridgehead atoms. The van der Waals surface area contributed by atoms with E-state index in [1.54, 1.807) is 6.20 Å². The number of carbonyl (C=O) groups is 1. The van der Waals surface area contributed by atoms with Crippen LogP contribution in [-0.2, 0) is 19.4 Å². The number of pyridine rings is 2. The molecule has 4 rings (SSSR count). The third kappa shape index (κ3) is 5.25. The lowest BCUT2D eigenvalue weighted by Crippen LogP contribution is -2.06. The molecule has 3 aromatic heterocycles. The normalized spacial score (nSPS) is 11.5. The lowest BCUT2D eigenvalue weighted by Gasteiger charge is -2.10. The first kappa shape index (κ1) is 23.8. The van der Waals surface area contributed by atoms with Gasteiger partial charge in [-0.2, -0.15) is 0 Å². The van der Waals surface area contributed by atoms with Gasteiger partial charge < -0.3 is 16.0 Å². The number of carbonyl (C=O) groups excluding carboxylic acids is 1. The van der Waals surface area contributed by atoms with Gasteiger partial charge in [0, 0.05) is 31.1 Å². The van der Waals surface area contributed by atoms with Crippen molar-refractivity contribution < 1.29 is 4.79 Å². The van der Waals surface area contributed by atoms with Crippen molar-refractivity contribution in [2.24, 2.45) is 5.73 Å². The maximum atomic E-state index is 12.6. The number of Topliss-reactive ketones (excluding diaryl/α,β-unsaturated/α-hetero) is 1. The minimum absolute atomic E-state index is 0.199. The quantitative estimate of drug-likeness (QED) is 0.232. The fourth-order valence-electron chi connectivity index (χ4n) is 4.44. The van der Waals surface area contributed by atoms with Gasteiger partial charge in [-0.05, 0) is 49.9 Å². The molecule has 0 aliphatic carbocycles. The van der Waals surface area contributed by atoms with E-state index < -0.39 is 0 Å². The highest BCUT2D eigenvalue weighted by Gasteiger charge is 2.17. The highest BCUT2D eigenvalue weighted by Crippen LogP contribution is 2.28. The van der Waals surface area contributed by atoms with Crippen molar-refractivity contribution >= 4 is 33.7 Å². The van der Waals surface area contributed by atoms with Gasteiger partial charge in [-0.25, -0.2) is 9.97 Å². The molecule has 0 spiro atoms. The molecule has 0 saturated heterocycles. The van der Waals surface area contributed by atoms with Gasteiger partial charge in [0.15, 0.2) is 11.6 Å². The molecule has 1 aromatic carbocycles. The van der Waals surface area contributed by atoms with Crippen LogP contribution < -0.4 is 11.5 Å². The number of aromatic nitrogens is 4. The molecule has 0 radical (unpaired) electrons. The number of imidazole rings is 1. The molecule has 7 nitrogen and oxygen atoms in total. The number of hydrogen-bond acceptors (Lipinski definition) is 6. The van der Waals surface area contributed by atoms with Crippen molar-refractivity contribution in [1.29, 1.82) is 0 Å². The maximum Gasteiger partial charge on any atom is 0.162 e. The van der Waals surface area contributed by atoms with E-state index in [-0.39, 0.29) is 5.78 Å². The summed E-state index contributed by atoms with van der Waals surface area (Å²) in [7, 11) is 0. The lowest BCUT2D eigenvalue weighted by molar-refractivity contribution is 0.0979. The van der Waals surface area contributed by atoms with Gasteiger partial charge in [-0.1, -0.05) is 44.0 Å². The molecule has 0 fully saturated rings. The van der Waals surface area contributed by atoms with Gasteiger partial charge in [0.25, 0.3) is 0 Å². The van der Waals surface area contributed by atoms with Crippen molar-refractivity contribution in [3.63, 3.8) is 0 Å². The Morgan fingerprint density at radius 1 is 0.971 bits per heavy atom. The monoisotopic (exact) mass is 458 g/mol. The Labute approximate surface area is 200 Å². The zero-order chi connectivity index (χ0) is 23.9. The number of ketones is 1. The zero-order valence-corrected chi connectivity index (χ0v) is 20.0. The molecule has 0 amide bonds. The van der Waals surface area contributed by atoms with Crippen LogP contribution in [0.25, 0.3) is 22.1 Å². The number of nitrogens with two attached hydrogens (primary N) is 2. The van der Waals surface area contributed by atoms with Crippen LogP contribution in [-0.4, -0.2) is 31.8 Å². The minimum atomic E-state index is 0.199. The van der Waals surface area contributed by atoms with E-state index in [0.717, 1.165) is 84.9 Å². The fourth-order valence-corrected chi connectivity index (χ4v) is 4.44. The summed E-state index contributed by atoms with van der Waals surface area (Å²) in [5.74, 6) is 1.69. The number of nitrogen functional groups attached to an aromatic ring is 1. The van der Waals surface area contributed by atoms with Crippen molar-refractivity contribution in [2.75, 3.05) is 12.3 Å². The molecule has 0 atom stereocenters. The number of fused-ring (bicyclic) bond motifs is 3. The smallest absolute Gasteiger partial charge is 0.162 e. The molecule has 0 aliphatic heterocycles. The van der Waals surface area contributed by atoms with E-state index in [1.807, 2.05) is 36.4 Å². The largest absolute Gasteiger partial charge is 0.382 e. The Morgan fingerprint density at radius 3 is 2.56 bits per heavy atom. The second-order valence-corrected chi connectivity index (χ2v) is 8.82. The Hall–Kier alpha value is -3.32. The standard InChI is InChI=1S/C27H34N6O/c1-2-3-10-23-32-25-26(24-21(31-27(25)29)8-7-17-30-24)33(23)18-6-4-5-9-22(34)20-13-11-19(12-14-20)15-16-28/h7-8,11-14,17H,2-6,9-10,15-16,18,28H2,1H3,(H2,29,31). The van der Waals surface area contributed by atoms with Crippen LogP contribution >= 0.6 is 0 Å². The predicted molar refractivity (Wildman–Crippen MR) is 138 cm³/mol. The first-order valence-corrected chi connectivity index (χ1v) is 12.3. The van der Waals surface area contributed by atoms with Crippen LogP contribution in [0.15, 0.2) is 42.6 Å². The molecule has 0 unspecified atom stereocenters. The van der Waals surface area contributed by atoms with Crippen LogP contribution in [0.4, 0.5) is 5.82 Å². The first-order valence-electron chi connectivity index (χ1n) is 12.3. The van der Waals surface area contributed by atoms with Gasteiger partial charge in [-0.15, -0.1) is 0 Å². The Bertz CT molecular complexity index is 1260. The molecule has 0 aliphatic rings. The summed E-state index contributed by atoms with van der Waals surface area (Å²) in [4.78, 5) is 26.5. The van der Waals surface area contributed by atoms with Crippen molar-refractivity contribution in [3.05, 3.63) is 59.5 Å². The lowest BCUT2D eigenvalue weighted by atomic mass is 10.0. The molecule has 0 saturated carbocycles. The van der Waals surface area contributed by atoms with Crippen LogP contribution in [0.1, 0.15) is 67.2 Å². The predicted octanol–water partition coefficient (Wildman–Crippen LogP) is 4.85. The highest BCUT2D eigenvalue weighted by molar-refractivity contribution is 6.04. The second kappa shape index (κ2) is 11.2. The van der Waals surface area contributed by atoms with E-state index in [4.69, 9.17) is 16.5 Å². The maximum absolute atomic E-state index is 12.6. The van der Waals surface area contributed by atoms with Gasteiger partial charge in [0.2, 0.25) is 0 Å². The van der Waals surface area contributed by atoms with Crippen LogP contribution in [0.5, 0.6) is 0 Å². The van der Waals surface area contributed by atoms with Crippen molar-refractivity contribution in [2.45, 2.75) is 64.8 Å². The average Bonchev–Trinajstić information content (AvgIpc) is 3.22. The second-order valence-electron chi connectivity index (χ2n) is 8.82. The number of anilines is 1. The number of rotatable bonds is 12. The van der Waals surface area contributed by atoms with Gasteiger partial charge >= 0.3 is 0 Å². The molecular weight excluding hydrogens is 424 g/mol. The third-order valence-electron chi connectivity index (χ3n) is 6.29. The molecule has 7 heteroatoms. The SMILES string of the molecule is CCCCc1nc2c(N)nc3cccnc3c2n1CCCCCC(=O)c1ccc(CCN)cc1. The van der Waals surface area contributed by atoms with E-state index in [0.29, 0.717) is 18.8 Å². The van der Waals surface area contributed by atoms with Gasteiger partial charge in [0.05, 0.1) is 5.52 Å². The van der Waals surface area contributed by atoms with Gasteiger partial charge in [0.1, 0.15) is 22.4 Å². The average molecular weight is 459 g/mol. The van der Waals surface area contributed by atoms with Crippen LogP contribution in [0.2, 0.25) is 0 Å². The number of unbranched alkanes of at least 4 members (excludes halogenated alkanes) is 3. The molecule has 4 N–H and O–H groups in total. The summed E-state index contributed by atoms with van der Waals surface area (Å²) in [6.45, 7) is 3.63. The first-order chi connectivity index (χ1) is 16.6.